The van der Waals surface area contributed by atoms with Gasteiger partial charge in [-0.05, 0) is 61.9 Å². The average molecular weight is 336 g/mol. The number of allylic oxidation sites excluding steroid dienone is 1. The summed E-state index contributed by atoms with van der Waals surface area (Å²) in [4.78, 5) is 12.1. The van der Waals surface area contributed by atoms with Gasteiger partial charge in [0, 0.05) is 0 Å². The molecule has 0 aromatic rings. The molecule has 0 spiro atoms. The van der Waals surface area contributed by atoms with Gasteiger partial charge >= 0.3 is 0 Å². The van der Waals surface area contributed by atoms with Crippen LogP contribution in [0, 0.1) is 22.7 Å². The first-order valence-electron chi connectivity index (χ1n) is 9.08. The maximum Gasteiger partial charge on any atom is 0.133 e. The molecule has 0 aromatic carbocycles. The second-order valence-electron chi connectivity index (χ2n) is 7.93. The van der Waals surface area contributed by atoms with Crippen LogP contribution in [0.2, 0.25) is 0 Å². The lowest BCUT2D eigenvalue weighted by molar-refractivity contribution is -0.151. The van der Waals surface area contributed by atoms with Crippen molar-refractivity contribution in [3.63, 3.8) is 0 Å². The molecule has 0 aliphatic heterocycles. The highest BCUT2D eigenvalue weighted by molar-refractivity contribution is 5.68. The van der Waals surface area contributed by atoms with Crippen molar-refractivity contribution in [2.45, 2.75) is 59.0 Å². The standard InChI is InChI=1S/C20H32O4/c1-14-5-4-6-17-19(3,9-7-16(12-22)8-10-21)15(2)11-18(24)20(14,17)13-23/h5,8,13,15,17-18,21-22,24H,4,6-7,9-12H2,1-3H3/b16-8-/t15-,17-,18+,19+,20+/m1/s1. The topological polar surface area (TPSA) is 77.8 Å². The molecule has 0 aromatic heterocycles. The van der Waals surface area contributed by atoms with Gasteiger partial charge in [-0.25, -0.2) is 0 Å². The molecule has 0 heterocycles. The van der Waals surface area contributed by atoms with E-state index in [4.69, 9.17) is 5.11 Å². The lowest BCUT2D eigenvalue weighted by Gasteiger charge is -2.59. The molecule has 4 heteroatoms. The maximum atomic E-state index is 12.1. The van der Waals surface area contributed by atoms with E-state index in [2.05, 4.69) is 19.9 Å². The van der Waals surface area contributed by atoms with Gasteiger partial charge in [0.15, 0.2) is 0 Å². The molecule has 2 rings (SSSR count). The third-order valence-corrected chi connectivity index (χ3v) is 6.98. The number of hydrogen-bond donors (Lipinski definition) is 3. The van der Waals surface area contributed by atoms with Gasteiger partial charge in [-0.15, -0.1) is 0 Å². The van der Waals surface area contributed by atoms with E-state index in [9.17, 15) is 15.0 Å². The van der Waals surface area contributed by atoms with Crippen LogP contribution in [0.5, 0.6) is 0 Å². The van der Waals surface area contributed by atoms with Crippen molar-refractivity contribution in [3.05, 3.63) is 23.3 Å². The molecule has 3 N–H and O–H groups in total. The fourth-order valence-corrected chi connectivity index (χ4v) is 5.15. The molecule has 1 fully saturated rings. The molecular weight excluding hydrogens is 304 g/mol. The van der Waals surface area contributed by atoms with E-state index in [1.165, 1.54) is 0 Å². The number of hydrogen-bond acceptors (Lipinski definition) is 4. The highest BCUT2D eigenvalue weighted by atomic mass is 16.3. The second-order valence-corrected chi connectivity index (χ2v) is 7.93. The zero-order valence-electron chi connectivity index (χ0n) is 15.2. The van der Waals surface area contributed by atoms with E-state index in [1.54, 1.807) is 6.08 Å². The van der Waals surface area contributed by atoms with Crippen LogP contribution < -0.4 is 0 Å². The number of aliphatic hydroxyl groups excluding tert-OH is 3. The summed E-state index contributed by atoms with van der Waals surface area (Å²) in [5.74, 6) is 0.408. The Balaban J connectivity index is 2.36. The number of carbonyl (C=O) groups excluding carboxylic acids is 1. The summed E-state index contributed by atoms with van der Waals surface area (Å²) in [6.45, 7) is 6.27. The zero-order valence-corrected chi connectivity index (χ0v) is 15.2. The number of aldehydes is 1. The van der Waals surface area contributed by atoms with Crippen molar-refractivity contribution in [2.24, 2.45) is 22.7 Å². The number of rotatable bonds is 6. The zero-order chi connectivity index (χ0) is 18.0. The van der Waals surface area contributed by atoms with Crippen molar-refractivity contribution >= 4 is 6.29 Å². The fourth-order valence-electron chi connectivity index (χ4n) is 5.15. The normalized spacial score (nSPS) is 40.0. The van der Waals surface area contributed by atoms with E-state index < -0.39 is 11.5 Å². The highest BCUT2D eigenvalue weighted by Crippen LogP contribution is 2.61. The van der Waals surface area contributed by atoms with Crippen molar-refractivity contribution in [3.8, 4) is 0 Å². The lowest BCUT2D eigenvalue weighted by Crippen LogP contribution is -2.58. The number of fused-ring (bicyclic) bond motifs is 1. The van der Waals surface area contributed by atoms with Crippen LogP contribution in [0.25, 0.3) is 0 Å². The summed E-state index contributed by atoms with van der Waals surface area (Å²) in [6, 6.07) is 0. The summed E-state index contributed by atoms with van der Waals surface area (Å²) in [7, 11) is 0. The van der Waals surface area contributed by atoms with E-state index in [0.717, 1.165) is 36.7 Å². The minimum absolute atomic E-state index is 0.0456. The predicted octanol–water partition coefficient (Wildman–Crippen LogP) is 2.63. The Hall–Kier alpha value is -0.970. The predicted molar refractivity (Wildman–Crippen MR) is 94.4 cm³/mol. The SMILES string of the molecule is CC1=CCC[C@@H]2[C@@](C)(CC/C(=C/CO)CO)[C@H](C)C[C@H](O)[C@@]12C=O. The van der Waals surface area contributed by atoms with Crippen LogP contribution in [0.4, 0.5) is 0 Å². The number of carbonyl (C=O) groups is 1. The molecule has 1 saturated carbocycles. The van der Waals surface area contributed by atoms with E-state index in [1.807, 2.05) is 6.92 Å². The van der Waals surface area contributed by atoms with Crippen LogP contribution in [0.1, 0.15) is 52.9 Å². The lowest BCUT2D eigenvalue weighted by atomic mass is 9.45. The summed E-state index contributed by atoms with van der Waals surface area (Å²) in [5.41, 5.74) is 1.00. The minimum atomic E-state index is -0.764. The van der Waals surface area contributed by atoms with Crippen LogP contribution >= 0.6 is 0 Å². The van der Waals surface area contributed by atoms with Crippen LogP contribution in [0.3, 0.4) is 0 Å². The van der Waals surface area contributed by atoms with Gasteiger partial charge in [0.25, 0.3) is 0 Å². The first-order chi connectivity index (χ1) is 11.4. The fraction of sp³-hybridized carbons (Fsp3) is 0.750. The molecule has 0 amide bonds. The molecule has 4 nitrogen and oxygen atoms in total. The molecule has 0 unspecified atom stereocenters. The van der Waals surface area contributed by atoms with Gasteiger partial charge in [-0.3, -0.25) is 0 Å². The molecule has 2 aliphatic carbocycles. The molecule has 24 heavy (non-hydrogen) atoms. The molecule has 5 atom stereocenters. The average Bonchev–Trinajstić information content (AvgIpc) is 2.57. The van der Waals surface area contributed by atoms with Gasteiger partial charge in [0.1, 0.15) is 6.29 Å². The second kappa shape index (κ2) is 7.51. The van der Waals surface area contributed by atoms with Gasteiger partial charge in [0.2, 0.25) is 0 Å². The minimum Gasteiger partial charge on any atom is -0.392 e. The smallest absolute Gasteiger partial charge is 0.133 e. The first-order valence-corrected chi connectivity index (χ1v) is 9.08. The monoisotopic (exact) mass is 336 g/mol. The summed E-state index contributed by atoms with van der Waals surface area (Å²) < 4.78 is 0. The molecule has 0 bridgehead atoms. The Labute approximate surface area is 145 Å². The summed E-state index contributed by atoms with van der Waals surface area (Å²) >= 11 is 0. The molecular formula is C20H32O4. The summed E-state index contributed by atoms with van der Waals surface area (Å²) in [5, 5.41) is 29.3. The van der Waals surface area contributed by atoms with Gasteiger partial charge in [-0.2, -0.15) is 0 Å². The van der Waals surface area contributed by atoms with E-state index in [-0.39, 0.29) is 24.5 Å². The molecule has 2 aliphatic rings. The Morgan fingerprint density at radius 1 is 1.42 bits per heavy atom. The highest BCUT2D eigenvalue weighted by Gasteiger charge is 2.59. The number of aliphatic hydroxyl groups is 3. The maximum absolute atomic E-state index is 12.1. The Bertz CT molecular complexity index is 524. The third-order valence-electron chi connectivity index (χ3n) is 6.98. The largest absolute Gasteiger partial charge is 0.392 e. The van der Waals surface area contributed by atoms with Gasteiger partial charge < -0.3 is 20.1 Å². The summed E-state index contributed by atoms with van der Waals surface area (Å²) in [6.07, 6.45) is 8.18. The van der Waals surface area contributed by atoms with Crippen molar-refractivity contribution in [2.75, 3.05) is 13.2 Å². The van der Waals surface area contributed by atoms with Gasteiger partial charge in [0.05, 0.1) is 24.7 Å². The van der Waals surface area contributed by atoms with Crippen molar-refractivity contribution in [1.29, 1.82) is 0 Å². The first kappa shape index (κ1) is 19.4. The quantitative estimate of drug-likeness (QED) is 0.515. The van der Waals surface area contributed by atoms with Crippen LogP contribution in [-0.4, -0.2) is 40.9 Å². The van der Waals surface area contributed by atoms with Crippen LogP contribution in [-0.2, 0) is 4.79 Å². The Morgan fingerprint density at radius 3 is 2.71 bits per heavy atom. The molecule has 136 valence electrons. The Morgan fingerprint density at radius 2 is 2.12 bits per heavy atom. The van der Waals surface area contributed by atoms with E-state index in [0.29, 0.717) is 18.8 Å². The van der Waals surface area contributed by atoms with Crippen molar-refractivity contribution in [1.82, 2.24) is 0 Å². The van der Waals surface area contributed by atoms with Crippen LogP contribution in [0.15, 0.2) is 23.3 Å². The molecule has 0 saturated heterocycles. The van der Waals surface area contributed by atoms with Gasteiger partial charge in [-0.1, -0.05) is 31.6 Å². The van der Waals surface area contributed by atoms with Crippen molar-refractivity contribution < 1.29 is 20.1 Å². The molecule has 0 radical (unpaired) electrons. The van der Waals surface area contributed by atoms with E-state index >= 15 is 0 Å². The Kier molecular flexibility index (Phi) is 6.05. The third kappa shape index (κ3) is 3.00.